The number of nitrogens with two attached hydrogens (primary N) is 1. The summed E-state index contributed by atoms with van der Waals surface area (Å²) < 4.78 is 13.2. The largest absolute Gasteiger partial charge is 0.350 e. The summed E-state index contributed by atoms with van der Waals surface area (Å²) >= 11 is 5.65. The Morgan fingerprint density at radius 2 is 2.33 bits per heavy atom. The Morgan fingerprint density at radius 3 is 2.93 bits per heavy atom. The number of rotatable bonds is 3. The fourth-order valence-corrected chi connectivity index (χ4v) is 1.19. The van der Waals surface area contributed by atoms with Crippen molar-refractivity contribution in [3.63, 3.8) is 0 Å². The smallest absolute Gasteiger partial charge is 0.254 e. The van der Waals surface area contributed by atoms with E-state index >= 15 is 0 Å². The van der Waals surface area contributed by atoms with E-state index in [1.165, 1.54) is 12.1 Å². The molecule has 1 amide bonds. The van der Waals surface area contributed by atoms with Gasteiger partial charge in [0.15, 0.2) is 0 Å². The third-order valence-electron chi connectivity index (χ3n) is 1.76. The van der Waals surface area contributed by atoms with Gasteiger partial charge in [-0.2, -0.15) is 0 Å². The summed E-state index contributed by atoms with van der Waals surface area (Å²) in [7, 11) is 0. The second-order valence-electron chi connectivity index (χ2n) is 3.31. The Labute approximate surface area is 92.4 Å². The van der Waals surface area contributed by atoms with Crippen molar-refractivity contribution in [2.45, 2.75) is 13.0 Å². The summed E-state index contributed by atoms with van der Waals surface area (Å²) in [5.74, 6) is -1.10. The molecule has 0 saturated carbocycles. The number of carbonyl (C=O) groups excluding carboxylic acids is 1. The van der Waals surface area contributed by atoms with E-state index in [2.05, 4.69) is 5.32 Å². The van der Waals surface area contributed by atoms with Crippen molar-refractivity contribution in [2.24, 2.45) is 5.73 Å². The summed E-state index contributed by atoms with van der Waals surface area (Å²) in [6, 6.07) is 3.66. The van der Waals surface area contributed by atoms with Crippen LogP contribution in [-0.4, -0.2) is 18.5 Å². The fourth-order valence-electron chi connectivity index (χ4n) is 1.02. The molecule has 3 N–H and O–H groups in total. The van der Waals surface area contributed by atoms with Crippen LogP contribution < -0.4 is 11.1 Å². The quantitative estimate of drug-likeness (QED) is 0.828. The number of carbonyl (C=O) groups is 1. The molecule has 3 nitrogen and oxygen atoms in total. The van der Waals surface area contributed by atoms with Crippen molar-refractivity contribution in [3.05, 3.63) is 34.6 Å². The van der Waals surface area contributed by atoms with E-state index < -0.39 is 11.7 Å². The molecule has 5 heteroatoms. The molecule has 0 aliphatic heterocycles. The maximum Gasteiger partial charge on any atom is 0.254 e. The van der Waals surface area contributed by atoms with Crippen LogP contribution in [0.5, 0.6) is 0 Å². The zero-order valence-electron chi connectivity index (χ0n) is 8.26. The molecule has 0 fully saturated rings. The predicted octanol–water partition coefficient (Wildman–Crippen LogP) is 1.56. The average molecular weight is 231 g/mol. The minimum atomic E-state index is -0.596. The lowest BCUT2D eigenvalue weighted by Crippen LogP contribution is -2.35. The molecule has 0 radical (unpaired) electrons. The Morgan fingerprint density at radius 1 is 1.67 bits per heavy atom. The molecule has 0 spiro atoms. The summed E-state index contributed by atoms with van der Waals surface area (Å²) in [6.07, 6.45) is 0. The highest BCUT2D eigenvalue weighted by Crippen LogP contribution is 2.14. The van der Waals surface area contributed by atoms with Gasteiger partial charge in [-0.3, -0.25) is 4.79 Å². The predicted molar refractivity (Wildman–Crippen MR) is 57.4 cm³/mol. The first-order chi connectivity index (χ1) is 7.00. The van der Waals surface area contributed by atoms with Crippen LogP contribution in [-0.2, 0) is 0 Å². The lowest BCUT2D eigenvalue weighted by atomic mass is 10.2. The van der Waals surface area contributed by atoms with E-state index in [4.69, 9.17) is 17.3 Å². The van der Waals surface area contributed by atoms with Crippen molar-refractivity contribution in [2.75, 3.05) is 6.54 Å². The van der Waals surface area contributed by atoms with Crippen LogP contribution in [0.1, 0.15) is 17.3 Å². The second-order valence-corrected chi connectivity index (χ2v) is 3.75. The molecular formula is C10H12ClFN2O. The van der Waals surface area contributed by atoms with E-state index in [1.54, 1.807) is 6.92 Å². The molecule has 0 aliphatic rings. The van der Waals surface area contributed by atoms with E-state index in [-0.39, 0.29) is 11.6 Å². The number of amides is 1. The van der Waals surface area contributed by atoms with Gasteiger partial charge in [0.05, 0.1) is 5.56 Å². The topological polar surface area (TPSA) is 55.1 Å². The molecular weight excluding hydrogens is 219 g/mol. The number of benzene rings is 1. The second kappa shape index (κ2) is 5.09. The number of hydrogen-bond acceptors (Lipinski definition) is 2. The van der Waals surface area contributed by atoms with Crippen molar-refractivity contribution in [1.82, 2.24) is 5.32 Å². The Kier molecular flexibility index (Phi) is 4.05. The summed E-state index contributed by atoms with van der Waals surface area (Å²) in [5, 5.41) is 2.83. The van der Waals surface area contributed by atoms with E-state index in [9.17, 15) is 9.18 Å². The van der Waals surface area contributed by atoms with Crippen molar-refractivity contribution < 1.29 is 9.18 Å². The van der Waals surface area contributed by atoms with Crippen LogP contribution in [0, 0.1) is 5.82 Å². The maximum absolute atomic E-state index is 13.2. The van der Waals surface area contributed by atoms with Gasteiger partial charge in [0.25, 0.3) is 5.91 Å². The average Bonchev–Trinajstić information content (AvgIpc) is 2.18. The van der Waals surface area contributed by atoms with Gasteiger partial charge in [0.2, 0.25) is 0 Å². The van der Waals surface area contributed by atoms with Gasteiger partial charge in [-0.25, -0.2) is 4.39 Å². The zero-order chi connectivity index (χ0) is 11.4. The molecule has 1 aromatic carbocycles. The summed E-state index contributed by atoms with van der Waals surface area (Å²) in [6.45, 7) is 2.04. The van der Waals surface area contributed by atoms with Crippen LogP contribution in [0.15, 0.2) is 18.2 Å². The molecule has 1 unspecified atom stereocenters. The minimum absolute atomic E-state index is 0.0665. The van der Waals surface area contributed by atoms with Crippen molar-refractivity contribution in [3.8, 4) is 0 Å². The number of halogens is 2. The van der Waals surface area contributed by atoms with E-state index in [0.717, 1.165) is 6.07 Å². The van der Waals surface area contributed by atoms with Crippen LogP contribution in [0.25, 0.3) is 0 Å². The van der Waals surface area contributed by atoms with Crippen LogP contribution in [0.3, 0.4) is 0 Å². The molecule has 0 aromatic heterocycles. The SMILES string of the molecule is CC(N)CNC(=O)c1cc(Cl)ccc1F. The molecule has 1 aromatic rings. The van der Waals surface area contributed by atoms with Gasteiger partial charge in [0.1, 0.15) is 5.82 Å². The van der Waals surface area contributed by atoms with Crippen molar-refractivity contribution in [1.29, 1.82) is 0 Å². The standard InChI is InChI=1S/C10H12ClFN2O/c1-6(13)5-14-10(15)8-4-7(11)2-3-9(8)12/h2-4,6H,5,13H2,1H3,(H,14,15). The van der Waals surface area contributed by atoms with Gasteiger partial charge in [-0.1, -0.05) is 11.6 Å². The van der Waals surface area contributed by atoms with Gasteiger partial charge in [0, 0.05) is 17.6 Å². The molecule has 0 saturated heterocycles. The monoisotopic (exact) mass is 230 g/mol. The third kappa shape index (κ3) is 3.49. The lowest BCUT2D eigenvalue weighted by molar-refractivity contribution is 0.0947. The minimum Gasteiger partial charge on any atom is -0.350 e. The van der Waals surface area contributed by atoms with Gasteiger partial charge < -0.3 is 11.1 Å². The highest BCUT2D eigenvalue weighted by atomic mass is 35.5. The highest BCUT2D eigenvalue weighted by molar-refractivity contribution is 6.30. The molecule has 0 heterocycles. The Balaban J connectivity index is 2.77. The molecule has 0 aliphatic carbocycles. The lowest BCUT2D eigenvalue weighted by Gasteiger charge is -2.08. The van der Waals surface area contributed by atoms with Gasteiger partial charge in [-0.15, -0.1) is 0 Å². The molecule has 1 rings (SSSR count). The summed E-state index contributed by atoms with van der Waals surface area (Å²) in [4.78, 5) is 11.5. The molecule has 82 valence electrons. The third-order valence-corrected chi connectivity index (χ3v) is 1.99. The zero-order valence-corrected chi connectivity index (χ0v) is 9.01. The van der Waals surface area contributed by atoms with Crippen molar-refractivity contribution >= 4 is 17.5 Å². The van der Waals surface area contributed by atoms with E-state index in [1.807, 2.05) is 0 Å². The summed E-state index contributed by atoms with van der Waals surface area (Å²) in [5.41, 5.74) is 5.39. The van der Waals surface area contributed by atoms with Crippen LogP contribution in [0.2, 0.25) is 5.02 Å². The first-order valence-electron chi connectivity index (χ1n) is 4.49. The first kappa shape index (κ1) is 11.9. The normalized spacial score (nSPS) is 12.3. The molecule has 1 atom stereocenters. The maximum atomic E-state index is 13.2. The molecule has 15 heavy (non-hydrogen) atoms. The molecule has 0 bridgehead atoms. The highest BCUT2D eigenvalue weighted by Gasteiger charge is 2.11. The van der Waals surface area contributed by atoms with Gasteiger partial charge in [-0.05, 0) is 25.1 Å². The van der Waals surface area contributed by atoms with Crippen LogP contribution in [0.4, 0.5) is 4.39 Å². The Hall–Kier alpha value is -1.13. The Bertz CT molecular complexity index is 368. The van der Waals surface area contributed by atoms with Crippen LogP contribution >= 0.6 is 11.6 Å². The fraction of sp³-hybridized carbons (Fsp3) is 0.300. The first-order valence-corrected chi connectivity index (χ1v) is 4.87. The number of nitrogens with one attached hydrogen (secondary N) is 1. The van der Waals surface area contributed by atoms with Gasteiger partial charge >= 0.3 is 0 Å². The van der Waals surface area contributed by atoms with E-state index in [0.29, 0.717) is 11.6 Å². The number of hydrogen-bond donors (Lipinski definition) is 2.